The summed E-state index contributed by atoms with van der Waals surface area (Å²) >= 11 is 0. The van der Waals surface area contributed by atoms with Crippen molar-refractivity contribution in [2.75, 3.05) is 32.2 Å². The summed E-state index contributed by atoms with van der Waals surface area (Å²) in [5.41, 5.74) is 1.11. The summed E-state index contributed by atoms with van der Waals surface area (Å²) < 4.78 is 5.20. The van der Waals surface area contributed by atoms with Crippen LogP contribution in [0.4, 0.5) is 5.95 Å². The first-order chi connectivity index (χ1) is 9.26. The van der Waals surface area contributed by atoms with Crippen LogP contribution in [-0.4, -0.2) is 43.3 Å². The largest absolute Gasteiger partial charge is 0.383 e. The third-order valence-corrected chi connectivity index (χ3v) is 3.66. The highest BCUT2D eigenvalue weighted by Gasteiger charge is 2.32. The zero-order chi connectivity index (χ0) is 13.7. The summed E-state index contributed by atoms with van der Waals surface area (Å²) in [6.07, 6.45) is 6.45. The van der Waals surface area contributed by atoms with Gasteiger partial charge in [0.2, 0.25) is 5.95 Å². The fraction of sp³-hybridized carbons (Fsp3) is 0.714. The molecule has 2 rings (SSSR count). The zero-order valence-corrected chi connectivity index (χ0v) is 12.1. The fourth-order valence-electron chi connectivity index (χ4n) is 2.30. The first-order valence-corrected chi connectivity index (χ1v) is 6.97. The first kappa shape index (κ1) is 14.2. The van der Waals surface area contributed by atoms with Crippen molar-refractivity contribution in [1.29, 1.82) is 0 Å². The SMILES string of the molecule is CNCc1cnc(N(CCOC)C(C)C2CC2)nc1. The lowest BCUT2D eigenvalue weighted by Gasteiger charge is -2.29. The van der Waals surface area contributed by atoms with Gasteiger partial charge in [-0.3, -0.25) is 0 Å². The van der Waals surface area contributed by atoms with Crippen molar-refractivity contribution >= 4 is 5.95 Å². The number of aromatic nitrogens is 2. The molecule has 1 heterocycles. The summed E-state index contributed by atoms with van der Waals surface area (Å²) in [6, 6.07) is 0.491. The van der Waals surface area contributed by atoms with Crippen LogP contribution in [0.2, 0.25) is 0 Å². The molecule has 1 unspecified atom stereocenters. The second kappa shape index (κ2) is 6.82. The predicted molar refractivity (Wildman–Crippen MR) is 76.2 cm³/mol. The van der Waals surface area contributed by atoms with Gasteiger partial charge in [0.05, 0.1) is 6.61 Å². The number of nitrogens with one attached hydrogen (secondary N) is 1. The van der Waals surface area contributed by atoms with Crippen LogP contribution in [-0.2, 0) is 11.3 Å². The summed E-state index contributed by atoms with van der Waals surface area (Å²) in [5.74, 6) is 1.61. The Morgan fingerprint density at radius 2 is 2.11 bits per heavy atom. The van der Waals surface area contributed by atoms with Crippen molar-refractivity contribution in [1.82, 2.24) is 15.3 Å². The van der Waals surface area contributed by atoms with Gasteiger partial charge in [-0.25, -0.2) is 9.97 Å². The number of hydrogen-bond donors (Lipinski definition) is 1. The van der Waals surface area contributed by atoms with E-state index in [0.29, 0.717) is 12.6 Å². The van der Waals surface area contributed by atoms with E-state index in [2.05, 4.69) is 27.1 Å². The number of methoxy groups -OCH3 is 1. The molecule has 0 spiro atoms. The average Bonchev–Trinajstić information content (AvgIpc) is 3.25. The van der Waals surface area contributed by atoms with Crippen LogP contribution in [0.1, 0.15) is 25.3 Å². The van der Waals surface area contributed by atoms with Crippen molar-refractivity contribution in [2.24, 2.45) is 5.92 Å². The molecule has 0 bridgehead atoms. The van der Waals surface area contributed by atoms with Gasteiger partial charge < -0.3 is 15.0 Å². The van der Waals surface area contributed by atoms with Gasteiger partial charge in [0, 0.05) is 44.2 Å². The van der Waals surface area contributed by atoms with Gasteiger partial charge in [0.1, 0.15) is 0 Å². The summed E-state index contributed by atoms with van der Waals surface area (Å²) in [7, 11) is 3.66. The van der Waals surface area contributed by atoms with Gasteiger partial charge in [-0.05, 0) is 32.7 Å². The van der Waals surface area contributed by atoms with E-state index in [1.165, 1.54) is 12.8 Å². The highest BCUT2D eigenvalue weighted by Crippen LogP contribution is 2.35. The summed E-state index contributed by atoms with van der Waals surface area (Å²) in [6.45, 7) is 4.62. The Labute approximate surface area is 115 Å². The molecule has 1 atom stereocenters. The molecule has 1 aromatic heterocycles. The predicted octanol–water partition coefficient (Wildman–Crippen LogP) is 1.45. The smallest absolute Gasteiger partial charge is 0.225 e. The molecule has 0 aliphatic heterocycles. The lowest BCUT2D eigenvalue weighted by Crippen LogP contribution is -2.38. The minimum atomic E-state index is 0.491. The minimum Gasteiger partial charge on any atom is -0.383 e. The van der Waals surface area contributed by atoms with Gasteiger partial charge in [-0.15, -0.1) is 0 Å². The van der Waals surface area contributed by atoms with Gasteiger partial charge in [-0.1, -0.05) is 0 Å². The van der Waals surface area contributed by atoms with Crippen molar-refractivity contribution in [3.8, 4) is 0 Å². The number of hydrogen-bond acceptors (Lipinski definition) is 5. The third kappa shape index (κ3) is 3.88. The molecule has 106 valence electrons. The molecule has 0 aromatic carbocycles. The van der Waals surface area contributed by atoms with Crippen molar-refractivity contribution < 1.29 is 4.74 Å². The third-order valence-electron chi connectivity index (χ3n) is 3.66. The van der Waals surface area contributed by atoms with Crippen LogP contribution in [0.25, 0.3) is 0 Å². The topological polar surface area (TPSA) is 50.3 Å². The summed E-state index contributed by atoms with van der Waals surface area (Å²) in [4.78, 5) is 11.3. The number of ether oxygens (including phenoxy) is 1. The second-order valence-electron chi connectivity index (χ2n) is 5.19. The highest BCUT2D eigenvalue weighted by atomic mass is 16.5. The maximum Gasteiger partial charge on any atom is 0.225 e. The van der Waals surface area contributed by atoms with E-state index in [0.717, 1.165) is 30.5 Å². The van der Waals surface area contributed by atoms with E-state index in [-0.39, 0.29) is 0 Å². The molecule has 5 nitrogen and oxygen atoms in total. The molecule has 0 radical (unpaired) electrons. The molecular weight excluding hydrogens is 240 g/mol. The molecular formula is C14H24N4O. The minimum absolute atomic E-state index is 0.491. The van der Waals surface area contributed by atoms with E-state index in [1.54, 1.807) is 7.11 Å². The highest BCUT2D eigenvalue weighted by molar-refractivity contribution is 5.32. The first-order valence-electron chi connectivity index (χ1n) is 6.97. The number of nitrogens with zero attached hydrogens (tertiary/aromatic N) is 3. The Bertz CT molecular complexity index is 378. The molecule has 1 aliphatic carbocycles. The van der Waals surface area contributed by atoms with Crippen LogP contribution in [0.5, 0.6) is 0 Å². The molecule has 5 heteroatoms. The lowest BCUT2D eigenvalue weighted by atomic mass is 10.2. The molecule has 1 aliphatic rings. The Morgan fingerprint density at radius 1 is 1.42 bits per heavy atom. The number of anilines is 1. The molecule has 19 heavy (non-hydrogen) atoms. The molecule has 0 saturated heterocycles. The normalized spacial score (nSPS) is 16.4. The number of rotatable bonds is 8. The Kier molecular flexibility index (Phi) is 5.10. The quantitative estimate of drug-likeness (QED) is 0.770. The Hall–Kier alpha value is -1.20. The Morgan fingerprint density at radius 3 is 2.63 bits per heavy atom. The molecule has 0 amide bonds. The summed E-state index contributed by atoms with van der Waals surface area (Å²) in [5, 5.41) is 3.10. The van der Waals surface area contributed by atoms with Crippen molar-refractivity contribution in [3.05, 3.63) is 18.0 Å². The zero-order valence-electron chi connectivity index (χ0n) is 12.1. The monoisotopic (exact) mass is 264 g/mol. The van der Waals surface area contributed by atoms with E-state index < -0.39 is 0 Å². The Balaban J connectivity index is 2.07. The van der Waals surface area contributed by atoms with E-state index in [9.17, 15) is 0 Å². The van der Waals surface area contributed by atoms with E-state index >= 15 is 0 Å². The van der Waals surface area contributed by atoms with Gasteiger partial charge >= 0.3 is 0 Å². The standard InChI is InChI=1S/C14H24N4O/c1-11(13-4-5-13)18(6-7-19-3)14-16-9-12(8-15-2)10-17-14/h9-11,13,15H,4-8H2,1-3H3. The maximum absolute atomic E-state index is 5.20. The van der Waals surface area contributed by atoms with Gasteiger partial charge in [0.25, 0.3) is 0 Å². The van der Waals surface area contributed by atoms with Crippen LogP contribution in [0.3, 0.4) is 0 Å². The van der Waals surface area contributed by atoms with E-state index in [1.807, 2.05) is 19.4 Å². The van der Waals surface area contributed by atoms with Crippen LogP contribution in [0.15, 0.2) is 12.4 Å². The van der Waals surface area contributed by atoms with Gasteiger partial charge in [-0.2, -0.15) is 0 Å². The van der Waals surface area contributed by atoms with Gasteiger partial charge in [0.15, 0.2) is 0 Å². The molecule has 1 N–H and O–H groups in total. The van der Waals surface area contributed by atoms with Crippen LogP contribution < -0.4 is 10.2 Å². The molecule has 1 aromatic rings. The van der Waals surface area contributed by atoms with Crippen molar-refractivity contribution in [2.45, 2.75) is 32.4 Å². The van der Waals surface area contributed by atoms with Crippen molar-refractivity contribution in [3.63, 3.8) is 0 Å². The second-order valence-corrected chi connectivity index (χ2v) is 5.19. The van der Waals surface area contributed by atoms with E-state index in [4.69, 9.17) is 4.74 Å². The lowest BCUT2D eigenvalue weighted by molar-refractivity contribution is 0.202. The fourth-order valence-corrected chi connectivity index (χ4v) is 2.30. The average molecular weight is 264 g/mol. The molecule has 1 fully saturated rings. The maximum atomic E-state index is 5.20. The molecule has 1 saturated carbocycles. The van der Waals surface area contributed by atoms with Crippen LogP contribution >= 0.6 is 0 Å². The van der Waals surface area contributed by atoms with Crippen LogP contribution in [0, 0.1) is 5.92 Å².